The quantitative estimate of drug-likeness (QED) is 0.386. The van der Waals surface area contributed by atoms with Crippen molar-refractivity contribution in [3.05, 3.63) is 71.5 Å². The second-order valence-corrected chi connectivity index (χ2v) is 8.75. The highest BCUT2D eigenvalue weighted by Crippen LogP contribution is 2.16. The Morgan fingerprint density at radius 3 is 2.47 bits per heavy atom. The monoisotopic (exact) mass is 481 g/mol. The Balaban J connectivity index is 1.39. The molecule has 0 saturated heterocycles. The maximum atomic E-state index is 12.4. The van der Waals surface area contributed by atoms with Crippen LogP contribution in [0.3, 0.4) is 0 Å². The maximum Gasteiger partial charge on any atom is 0.261 e. The lowest BCUT2D eigenvalue weighted by Crippen LogP contribution is -2.36. The fraction of sp³-hybridized carbons (Fsp3) is 0.360. The molecule has 0 spiro atoms. The number of rotatable bonds is 12. The van der Waals surface area contributed by atoms with Gasteiger partial charge in [0.2, 0.25) is 5.91 Å². The fourth-order valence-corrected chi connectivity index (χ4v) is 3.93. The number of aryl methyl sites for hydroxylation is 1. The molecular formula is C25H31N5O3S. The van der Waals surface area contributed by atoms with Gasteiger partial charge in [-0.05, 0) is 43.0 Å². The molecule has 34 heavy (non-hydrogen) atoms. The molecule has 2 aromatic carbocycles. The fourth-order valence-electron chi connectivity index (χ4n) is 3.17. The molecule has 0 saturated carbocycles. The van der Waals surface area contributed by atoms with Crippen molar-refractivity contribution < 1.29 is 14.3 Å². The highest BCUT2D eigenvalue weighted by Gasteiger charge is 2.17. The van der Waals surface area contributed by atoms with Gasteiger partial charge < -0.3 is 19.9 Å². The van der Waals surface area contributed by atoms with E-state index in [0.717, 1.165) is 12.8 Å². The van der Waals surface area contributed by atoms with Gasteiger partial charge in [-0.15, -0.1) is 10.2 Å². The number of amides is 2. The van der Waals surface area contributed by atoms with Gasteiger partial charge in [0.05, 0.1) is 12.3 Å². The van der Waals surface area contributed by atoms with Gasteiger partial charge in [-0.3, -0.25) is 9.59 Å². The summed E-state index contributed by atoms with van der Waals surface area (Å²) in [4.78, 5) is 24.6. The molecule has 0 aliphatic carbocycles. The highest BCUT2D eigenvalue weighted by molar-refractivity contribution is 7.99. The number of carbonyl (C=O) groups excluding carboxylic acids is 2. The third-order valence-electron chi connectivity index (χ3n) is 5.27. The van der Waals surface area contributed by atoms with Crippen molar-refractivity contribution in [3.8, 4) is 5.75 Å². The Morgan fingerprint density at radius 2 is 1.76 bits per heavy atom. The van der Waals surface area contributed by atoms with Crippen LogP contribution in [0.1, 0.15) is 30.8 Å². The zero-order valence-electron chi connectivity index (χ0n) is 19.8. The smallest absolute Gasteiger partial charge is 0.261 e. The van der Waals surface area contributed by atoms with Crippen LogP contribution in [0.15, 0.2) is 59.8 Å². The summed E-state index contributed by atoms with van der Waals surface area (Å²) in [5, 5.41) is 14.6. The van der Waals surface area contributed by atoms with Gasteiger partial charge >= 0.3 is 0 Å². The number of hydrogen-bond donors (Lipinski definition) is 2. The molecule has 180 valence electrons. The van der Waals surface area contributed by atoms with Gasteiger partial charge in [-0.1, -0.05) is 61.2 Å². The first-order valence-corrected chi connectivity index (χ1v) is 12.3. The average Bonchev–Trinajstić information content (AvgIpc) is 3.21. The first-order valence-electron chi connectivity index (χ1n) is 11.3. The number of nitrogens with one attached hydrogen (secondary N) is 2. The van der Waals surface area contributed by atoms with Crippen LogP contribution in [0.2, 0.25) is 0 Å². The summed E-state index contributed by atoms with van der Waals surface area (Å²) in [6.07, 6.45) is 1.10. The van der Waals surface area contributed by atoms with Gasteiger partial charge in [0, 0.05) is 13.6 Å². The van der Waals surface area contributed by atoms with Crippen LogP contribution in [-0.4, -0.2) is 45.0 Å². The highest BCUT2D eigenvalue weighted by atomic mass is 32.2. The molecule has 1 atom stereocenters. The molecule has 2 N–H and O–H groups in total. The molecule has 0 aliphatic rings. The van der Waals surface area contributed by atoms with Gasteiger partial charge in [-0.2, -0.15) is 0 Å². The number of hydrogen-bond acceptors (Lipinski definition) is 6. The van der Waals surface area contributed by atoms with Gasteiger partial charge in [0.15, 0.2) is 17.1 Å². The second kappa shape index (κ2) is 12.8. The van der Waals surface area contributed by atoms with Crippen LogP contribution >= 0.6 is 11.8 Å². The zero-order valence-corrected chi connectivity index (χ0v) is 20.6. The van der Waals surface area contributed by atoms with E-state index in [0.29, 0.717) is 23.3 Å². The van der Waals surface area contributed by atoms with Crippen LogP contribution in [0.5, 0.6) is 5.75 Å². The molecule has 0 aliphatic heterocycles. The Hall–Kier alpha value is -3.33. The molecule has 3 aromatic rings. The Labute approximate surface area is 204 Å². The number of thioether (sulfide) groups is 1. The van der Waals surface area contributed by atoms with Crippen LogP contribution in [-0.2, 0) is 36.0 Å². The van der Waals surface area contributed by atoms with Crippen molar-refractivity contribution in [2.45, 2.75) is 44.5 Å². The first-order chi connectivity index (χ1) is 16.5. The van der Waals surface area contributed by atoms with E-state index in [-0.39, 0.29) is 24.1 Å². The van der Waals surface area contributed by atoms with E-state index in [1.165, 1.54) is 22.9 Å². The third-order valence-corrected chi connectivity index (χ3v) is 6.29. The van der Waals surface area contributed by atoms with Crippen LogP contribution < -0.4 is 15.4 Å². The van der Waals surface area contributed by atoms with Crippen molar-refractivity contribution in [2.75, 3.05) is 12.3 Å². The Morgan fingerprint density at radius 1 is 1.03 bits per heavy atom. The molecule has 9 heteroatoms. The summed E-state index contributed by atoms with van der Waals surface area (Å²) in [5.74, 6) is 1.19. The number of benzene rings is 2. The summed E-state index contributed by atoms with van der Waals surface area (Å²) >= 11 is 1.31. The van der Waals surface area contributed by atoms with Crippen molar-refractivity contribution in [2.24, 2.45) is 7.05 Å². The molecule has 3 rings (SSSR count). The molecule has 8 nitrogen and oxygen atoms in total. The van der Waals surface area contributed by atoms with Crippen molar-refractivity contribution in [1.29, 1.82) is 0 Å². The van der Waals surface area contributed by atoms with Crippen LogP contribution in [0.25, 0.3) is 0 Å². The maximum absolute atomic E-state index is 12.4. The van der Waals surface area contributed by atoms with E-state index in [9.17, 15) is 9.59 Å². The number of ether oxygens (including phenoxy) is 1. The molecule has 1 heterocycles. The average molecular weight is 482 g/mol. The van der Waals surface area contributed by atoms with E-state index in [1.54, 1.807) is 11.5 Å². The Kier molecular flexibility index (Phi) is 9.51. The van der Waals surface area contributed by atoms with E-state index in [2.05, 4.69) is 27.8 Å². The minimum atomic E-state index is -0.644. The molecule has 0 unspecified atom stereocenters. The number of aromatic nitrogens is 3. The normalized spacial score (nSPS) is 11.6. The third kappa shape index (κ3) is 7.62. The van der Waals surface area contributed by atoms with Gasteiger partial charge in [0.1, 0.15) is 5.75 Å². The van der Waals surface area contributed by atoms with Gasteiger partial charge in [-0.25, -0.2) is 0 Å². The van der Waals surface area contributed by atoms with Crippen molar-refractivity contribution in [1.82, 2.24) is 25.4 Å². The number of carbonyl (C=O) groups is 2. The van der Waals surface area contributed by atoms with Crippen molar-refractivity contribution >= 4 is 23.6 Å². The lowest BCUT2D eigenvalue weighted by atomic mass is 10.1. The predicted octanol–water partition coefficient (Wildman–Crippen LogP) is 2.91. The van der Waals surface area contributed by atoms with E-state index in [1.807, 2.05) is 61.6 Å². The van der Waals surface area contributed by atoms with E-state index in [4.69, 9.17) is 4.74 Å². The van der Waals surface area contributed by atoms with Crippen molar-refractivity contribution in [3.63, 3.8) is 0 Å². The standard InChI is InChI=1S/C25H31N5O3S/c1-4-19-10-12-21(13-11-19)33-18(2)24(32)27-16-22-28-29-25(30(22)3)34-17-23(31)26-15-14-20-8-6-5-7-9-20/h5-13,18H,4,14-17H2,1-3H3,(H,26,31)(H,27,32)/t18-/m0/s1. The SMILES string of the molecule is CCc1ccc(O[C@@H](C)C(=O)NCc2nnc(SCC(=O)NCCc3ccccc3)n2C)cc1. The molecule has 2 amide bonds. The second-order valence-electron chi connectivity index (χ2n) is 7.81. The molecule has 0 bridgehead atoms. The molecule has 0 fully saturated rings. The molecule has 1 aromatic heterocycles. The molecular weight excluding hydrogens is 450 g/mol. The lowest BCUT2D eigenvalue weighted by Gasteiger charge is -2.15. The zero-order chi connectivity index (χ0) is 24.3. The van der Waals surface area contributed by atoms with E-state index < -0.39 is 6.10 Å². The summed E-state index contributed by atoms with van der Waals surface area (Å²) in [6, 6.07) is 17.7. The lowest BCUT2D eigenvalue weighted by molar-refractivity contribution is -0.127. The largest absolute Gasteiger partial charge is 0.481 e. The topological polar surface area (TPSA) is 98.1 Å². The predicted molar refractivity (Wildman–Crippen MR) is 133 cm³/mol. The minimum Gasteiger partial charge on any atom is -0.481 e. The summed E-state index contributed by atoms with van der Waals surface area (Å²) in [6.45, 7) is 4.60. The Bertz CT molecular complexity index is 1070. The van der Waals surface area contributed by atoms with Crippen LogP contribution in [0.4, 0.5) is 0 Å². The summed E-state index contributed by atoms with van der Waals surface area (Å²) in [5.41, 5.74) is 2.40. The molecule has 0 radical (unpaired) electrons. The first kappa shape index (κ1) is 25.3. The van der Waals surface area contributed by atoms with Gasteiger partial charge in [0.25, 0.3) is 5.91 Å². The summed E-state index contributed by atoms with van der Waals surface area (Å²) in [7, 11) is 1.81. The van der Waals surface area contributed by atoms with E-state index >= 15 is 0 Å². The van der Waals surface area contributed by atoms with Crippen LogP contribution in [0, 0.1) is 0 Å². The summed E-state index contributed by atoms with van der Waals surface area (Å²) < 4.78 is 7.50. The minimum absolute atomic E-state index is 0.0586. The number of nitrogens with zero attached hydrogens (tertiary/aromatic N) is 3.